The highest BCUT2D eigenvalue weighted by molar-refractivity contribution is 8.13. The van der Waals surface area contributed by atoms with Crippen LogP contribution >= 0.6 is 19.5 Å². The van der Waals surface area contributed by atoms with E-state index in [9.17, 15) is 29.5 Å². The standard InChI is InChI=1S/C23H39N4O9PS/c1-22(2,14-28)20(30)38-12-11-34-37(33,26-15-7-5-4-6-8-15)35-13-16-18(29)23(3,32)19(36-16)27-10-9-17(24)25-21(27)31/h9-10,15-16,18-19,28-29,32H,4-8,11-14H2,1-3H3,(H,26,33)(H2,24,25,31)/t16-,18-,19-,23-,37?/m1/s1. The van der Waals surface area contributed by atoms with Gasteiger partial charge in [0.1, 0.15) is 23.6 Å². The van der Waals surface area contributed by atoms with E-state index in [1.54, 1.807) is 13.8 Å². The molecule has 6 N–H and O–H groups in total. The molecule has 5 atom stereocenters. The van der Waals surface area contributed by atoms with Gasteiger partial charge in [0.25, 0.3) is 0 Å². The highest BCUT2D eigenvalue weighted by atomic mass is 32.2. The summed E-state index contributed by atoms with van der Waals surface area (Å²) < 4.78 is 31.8. The number of ether oxygens (including phenoxy) is 1. The molecule has 0 amide bonds. The second-order valence-corrected chi connectivity index (χ2v) is 13.3. The van der Waals surface area contributed by atoms with Gasteiger partial charge in [0, 0.05) is 18.0 Å². The zero-order valence-corrected chi connectivity index (χ0v) is 23.7. The molecular formula is C23H39N4O9PS. The number of nitrogen functional groups attached to an aromatic ring is 1. The van der Waals surface area contributed by atoms with Crippen molar-refractivity contribution in [3.63, 3.8) is 0 Å². The van der Waals surface area contributed by atoms with E-state index in [1.165, 1.54) is 19.2 Å². The molecule has 1 aliphatic carbocycles. The van der Waals surface area contributed by atoms with Gasteiger partial charge in [-0.05, 0) is 39.7 Å². The van der Waals surface area contributed by atoms with Crippen LogP contribution in [0.5, 0.6) is 0 Å². The number of thioether (sulfide) groups is 1. The third-order valence-electron chi connectivity index (χ3n) is 6.74. The van der Waals surface area contributed by atoms with Crippen molar-refractivity contribution in [3.8, 4) is 0 Å². The molecule has 15 heteroatoms. The minimum Gasteiger partial charge on any atom is -0.395 e. The van der Waals surface area contributed by atoms with E-state index >= 15 is 0 Å². The number of carbonyl (C=O) groups is 1. The largest absolute Gasteiger partial charge is 0.405 e. The van der Waals surface area contributed by atoms with Gasteiger partial charge in [0.2, 0.25) is 0 Å². The number of aromatic nitrogens is 2. The number of hydrogen-bond donors (Lipinski definition) is 5. The maximum absolute atomic E-state index is 13.7. The van der Waals surface area contributed by atoms with Crippen LogP contribution in [0.25, 0.3) is 0 Å². The average molecular weight is 579 g/mol. The summed E-state index contributed by atoms with van der Waals surface area (Å²) >= 11 is 0.965. The second kappa shape index (κ2) is 12.9. The fourth-order valence-corrected chi connectivity index (χ4v) is 6.81. The van der Waals surface area contributed by atoms with Gasteiger partial charge in [0.05, 0.1) is 25.2 Å². The Morgan fingerprint density at radius 3 is 2.68 bits per heavy atom. The Balaban J connectivity index is 1.67. The van der Waals surface area contributed by atoms with Gasteiger partial charge < -0.3 is 25.8 Å². The van der Waals surface area contributed by atoms with E-state index in [0.717, 1.165) is 48.4 Å². The molecule has 0 aromatic carbocycles. The van der Waals surface area contributed by atoms with Crippen molar-refractivity contribution < 1.29 is 38.5 Å². The molecular weight excluding hydrogens is 539 g/mol. The molecule has 2 aliphatic rings. The molecule has 1 unspecified atom stereocenters. The number of anilines is 1. The molecule has 0 spiro atoms. The number of carbonyl (C=O) groups excluding carboxylic acids is 1. The van der Waals surface area contributed by atoms with Gasteiger partial charge >= 0.3 is 13.4 Å². The lowest BCUT2D eigenvalue weighted by Gasteiger charge is -2.29. The van der Waals surface area contributed by atoms with Crippen LogP contribution in [0.1, 0.15) is 59.1 Å². The molecule has 38 heavy (non-hydrogen) atoms. The SMILES string of the molecule is CC(C)(CO)C(=O)SCCOP(=O)(NC1CCCCC1)OC[C@H]1O[C@@H](n2ccc(N)nc2=O)[C@](C)(O)[C@@H]1O. The van der Waals surface area contributed by atoms with Crippen molar-refractivity contribution in [1.82, 2.24) is 14.6 Å². The van der Waals surface area contributed by atoms with Crippen molar-refractivity contribution in [1.29, 1.82) is 0 Å². The van der Waals surface area contributed by atoms with Crippen LogP contribution in [0, 0.1) is 5.41 Å². The Morgan fingerprint density at radius 1 is 1.37 bits per heavy atom. The van der Waals surface area contributed by atoms with E-state index in [1.807, 2.05) is 0 Å². The fraction of sp³-hybridized carbons (Fsp3) is 0.783. The molecule has 1 aromatic rings. The Bertz CT molecular complexity index is 1060. The predicted octanol–water partition coefficient (Wildman–Crippen LogP) is 1.18. The van der Waals surface area contributed by atoms with Crippen LogP contribution in [0.2, 0.25) is 0 Å². The fourth-order valence-electron chi connectivity index (χ4n) is 4.27. The van der Waals surface area contributed by atoms with Crippen LogP contribution < -0.4 is 16.5 Å². The highest BCUT2D eigenvalue weighted by Gasteiger charge is 2.54. The Hall–Kier alpha value is -1.35. The molecule has 1 aromatic heterocycles. The Kier molecular flexibility index (Phi) is 10.6. The first-order valence-corrected chi connectivity index (χ1v) is 15.2. The maximum atomic E-state index is 13.7. The molecule has 1 saturated heterocycles. The van der Waals surface area contributed by atoms with Crippen LogP contribution in [0.3, 0.4) is 0 Å². The normalized spacial score (nSPS) is 28.3. The van der Waals surface area contributed by atoms with Gasteiger partial charge in [-0.3, -0.25) is 18.4 Å². The summed E-state index contributed by atoms with van der Waals surface area (Å²) in [5.41, 5.74) is 1.96. The molecule has 3 rings (SSSR count). The minimum absolute atomic E-state index is 0.00372. The summed E-state index contributed by atoms with van der Waals surface area (Å²) in [5.74, 6) is 0.185. The molecule has 13 nitrogen and oxygen atoms in total. The Labute approximate surface area is 226 Å². The second-order valence-electron chi connectivity index (χ2n) is 10.5. The zero-order valence-electron chi connectivity index (χ0n) is 21.9. The van der Waals surface area contributed by atoms with Crippen LogP contribution in [-0.4, -0.2) is 79.4 Å². The van der Waals surface area contributed by atoms with Crippen molar-refractivity contribution in [2.45, 2.75) is 83.0 Å². The number of nitrogens with one attached hydrogen (secondary N) is 1. The number of nitrogens with two attached hydrogens (primary N) is 1. The van der Waals surface area contributed by atoms with Crippen LogP contribution in [-0.2, 0) is 23.1 Å². The maximum Gasteiger partial charge on any atom is 0.405 e. The first kappa shape index (κ1) is 31.2. The van der Waals surface area contributed by atoms with Crippen molar-refractivity contribution >= 4 is 30.4 Å². The molecule has 0 radical (unpaired) electrons. The van der Waals surface area contributed by atoms with Crippen molar-refractivity contribution in [3.05, 3.63) is 22.7 Å². The van der Waals surface area contributed by atoms with Gasteiger partial charge in [-0.2, -0.15) is 4.98 Å². The predicted molar refractivity (Wildman–Crippen MR) is 141 cm³/mol. The summed E-state index contributed by atoms with van der Waals surface area (Å²) in [6.07, 6.45) is 1.98. The monoisotopic (exact) mass is 578 g/mol. The quantitative estimate of drug-likeness (QED) is 0.175. The van der Waals surface area contributed by atoms with E-state index < -0.39 is 49.5 Å². The lowest BCUT2D eigenvalue weighted by atomic mass is 9.96. The van der Waals surface area contributed by atoms with Crippen LogP contribution in [0.4, 0.5) is 5.82 Å². The molecule has 1 aliphatic heterocycles. The van der Waals surface area contributed by atoms with E-state index in [0.29, 0.717) is 0 Å². The van der Waals surface area contributed by atoms with Gasteiger partial charge in [0.15, 0.2) is 11.3 Å². The number of rotatable bonds is 12. The summed E-state index contributed by atoms with van der Waals surface area (Å²) in [5, 5.41) is 33.8. The smallest absolute Gasteiger partial charge is 0.395 e. The third kappa shape index (κ3) is 7.64. The number of aliphatic hydroxyl groups is 3. The minimum atomic E-state index is -3.92. The highest BCUT2D eigenvalue weighted by Crippen LogP contribution is 2.47. The zero-order chi connectivity index (χ0) is 28.1. The van der Waals surface area contributed by atoms with Crippen molar-refractivity contribution in [2.24, 2.45) is 5.41 Å². The lowest BCUT2D eigenvalue weighted by molar-refractivity contribution is -0.119. The van der Waals surface area contributed by atoms with Gasteiger partial charge in [-0.25, -0.2) is 14.4 Å². The van der Waals surface area contributed by atoms with E-state index in [2.05, 4.69) is 10.1 Å². The molecule has 2 fully saturated rings. The average Bonchev–Trinajstić information content (AvgIpc) is 3.09. The van der Waals surface area contributed by atoms with Crippen molar-refractivity contribution in [2.75, 3.05) is 31.3 Å². The number of aliphatic hydroxyl groups excluding tert-OH is 2. The molecule has 2 heterocycles. The third-order valence-corrected chi connectivity index (χ3v) is 9.62. The number of nitrogens with zero attached hydrogens (tertiary/aromatic N) is 2. The van der Waals surface area contributed by atoms with Crippen LogP contribution in [0.15, 0.2) is 17.1 Å². The van der Waals surface area contributed by atoms with E-state index in [-0.39, 0.29) is 35.9 Å². The molecule has 0 bridgehead atoms. The molecule has 1 saturated carbocycles. The first-order chi connectivity index (χ1) is 17.8. The summed E-state index contributed by atoms with van der Waals surface area (Å²) in [7, 11) is -3.92. The number of hydrogen-bond acceptors (Lipinski definition) is 12. The van der Waals surface area contributed by atoms with Gasteiger partial charge in [-0.15, -0.1) is 0 Å². The Morgan fingerprint density at radius 2 is 2.05 bits per heavy atom. The van der Waals surface area contributed by atoms with E-state index in [4.69, 9.17) is 19.5 Å². The lowest BCUT2D eigenvalue weighted by Crippen LogP contribution is -2.46. The first-order valence-electron chi connectivity index (χ1n) is 12.6. The molecule has 216 valence electrons. The van der Waals surface area contributed by atoms with Gasteiger partial charge in [-0.1, -0.05) is 31.0 Å². The summed E-state index contributed by atoms with van der Waals surface area (Å²) in [6.45, 7) is 3.79. The topological polar surface area (TPSA) is 195 Å². The summed E-state index contributed by atoms with van der Waals surface area (Å²) in [6, 6.07) is 1.26. The summed E-state index contributed by atoms with van der Waals surface area (Å²) in [4.78, 5) is 28.2.